The van der Waals surface area contributed by atoms with Gasteiger partial charge in [-0.2, -0.15) is 0 Å². The number of unbranched alkanes of at least 4 members (excludes halogenated alkanes) is 1. The predicted molar refractivity (Wildman–Crippen MR) is 110 cm³/mol. The molecule has 1 rings (SSSR count). The molecular weight excluding hydrogens is 396 g/mol. The van der Waals surface area contributed by atoms with Gasteiger partial charge < -0.3 is 36.4 Å². The average Bonchev–Trinajstić information content (AvgIpc) is 3.15. The lowest BCUT2D eigenvalue weighted by molar-refractivity contribution is -0.143. The lowest BCUT2D eigenvalue weighted by Crippen LogP contribution is -2.49. The highest BCUT2D eigenvalue weighted by Crippen LogP contribution is 2.16. The molecule has 0 aliphatic carbocycles. The first-order valence-electron chi connectivity index (χ1n) is 9.90. The van der Waals surface area contributed by atoms with E-state index in [0.717, 1.165) is 18.6 Å². The summed E-state index contributed by atoms with van der Waals surface area (Å²) in [6.07, 6.45) is 2.44. The number of aliphatic imine (C=N–C) groups is 1. The molecule has 2 amide bonds. The standard InChI is InChI=1S/C18H32N6O6/c1-3-4-8-29-18(27)23-14(16(26)28-2)11-22-15(25)10-13-9-12(24-30-13)6-5-7-21-17(19)20/h13-14H,3-11H2,1-2H3,(H,22,25)(H,23,27)(H4,19,20,21)/t13?,14-/m0/s1. The summed E-state index contributed by atoms with van der Waals surface area (Å²) < 4.78 is 9.61. The molecule has 1 aliphatic heterocycles. The van der Waals surface area contributed by atoms with Crippen LogP contribution in [0, 0.1) is 0 Å². The molecule has 1 unspecified atom stereocenters. The van der Waals surface area contributed by atoms with Crippen molar-refractivity contribution in [2.24, 2.45) is 21.6 Å². The number of amides is 2. The van der Waals surface area contributed by atoms with Gasteiger partial charge in [0, 0.05) is 19.5 Å². The van der Waals surface area contributed by atoms with Crippen molar-refractivity contribution in [3.63, 3.8) is 0 Å². The molecule has 1 heterocycles. The second-order valence-electron chi connectivity index (χ2n) is 6.72. The number of rotatable bonds is 13. The predicted octanol–water partition coefficient (Wildman–Crippen LogP) is -0.241. The molecule has 12 nitrogen and oxygen atoms in total. The van der Waals surface area contributed by atoms with Crippen LogP contribution in [-0.4, -0.2) is 68.6 Å². The fraction of sp³-hybridized carbons (Fsp3) is 0.722. The Hall–Kier alpha value is -3.05. The third-order valence-corrected chi connectivity index (χ3v) is 4.14. The number of ether oxygens (including phenoxy) is 2. The Morgan fingerprint density at radius 3 is 2.77 bits per heavy atom. The van der Waals surface area contributed by atoms with Crippen molar-refractivity contribution in [1.29, 1.82) is 0 Å². The van der Waals surface area contributed by atoms with E-state index in [0.29, 0.717) is 25.8 Å². The lowest BCUT2D eigenvalue weighted by atomic mass is 10.1. The minimum atomic E-state index is -1.06. The van der Waals surface area contributed by atoms with Crippen LogP contribution in [0.1, 0.15) is 45.4 Å². The molecule has 0 saturated carbocycles. The van der Waals surface area contributed by atoms with E-state index in [4.69, 9.17) is 21.0 Å². The lowest BCUT2D eigenvalue weighted by Gasteiger charge is -2.17. The van der Waals surface area contributed by atoms with Gasteiger partial charge in [-0.25, -0.2) is 9.59 Å². The van der Waals surface area contributed by atoms with Crippen molar-refractivity contribution in [1.82, 2.24) is 10.6 Å². The maximum atomic E-state index is 12.2. The van der Waals surface area contributed by atoms with Crippen molar-refractivity contribution in [2.45, 2.75) is 57.6 Å². The fourth-order valence-corrected chi connectivity index (χ4v) is 2.56. The van der Waals surface area contributed by atoms with Gasteiger partial charge in [0.2, 0.25) is 5.91 Å². The number of nitrogens with two attached hydrogens (primary N) is 2. The van der Waals surface area contributed by atoms with Crippen molar-refractivity contribution < 1.29 is 28.7 Å². The summed E-state index contributed by atoms with van der Waals surface area (Å²) in [5.74, 6) is -0.985. The summed E-state index contributed by atoms with van der Waals surface area (Å²) in [5, 5.41) is 8.95. The van der Waals surface area contributed by atoms with Gasteiger partial charge >= 0.3 is 12.1 Å². The molecule has 0 bridgehead atoms. The fourth-order valence-electron chi connectivity index (χ4n) is 2.56. The maximum absolute atomic E-state index is 12.2. The molecule has 0 saturated heterocycles. The summed E-state index contributed by atoms with van der Waals surface area (Å²) in [4.78, 5) is 44.9. The summed E-state index contributed by atoms with van der Waals surface area (Å²) in [6.45, 7) is 2.57. The number of esters is 1. The SMILES string of the molecule is CCCCOC(=O)N[C@@H](CNC(=O)CC1CC(CCCN=C(N)N)=NO1)C(=O)OC. The first kappa shape index (κ1) is 25.0. The molecule has 0 spiro atoms. The molecule has 0 aromatic heterocycles. The molecule has 6 N–H and O–H groups in total. The smallest absolute Gasteiger partial charge is 0.407 e. The zero-order valence-electron chi connectivity index (χ0n) is 17.5. The maximum Gasteiger partial charge on any atom is 0.407 e. The molecule has 170 valence electrons. The second-order valence-corrected chi connectivity index (χ2v) is 6.72. The van der Waals surface area contributed by atoms with E-state index in [1.54, 1.807) is 0 Å². The zero-order valence-corrected chi connectivity index (χ0v) is 17.5. The number of nitrogens with zero attached hydrogens (tertiary/aromatic N) is 2. The van der Waals surface area contributed by atoms with Crippen LogP contribution < -0.4 is 22.1 Å². The molecular formula is C18H32N6O6. The topological polar surface area (TPSA) is 180 Å². The number of carbonyl (C=O) groups is 3. The van der Waals surface area contributed by atoms with E-state index in [1.165, 1.54) is 7.11 Å². The summed E-state index contributed by atoms with van der Waals surface area (Å²) >= 11 is 0. The highest BCUT2D eigenvalue weighted by atomic mass is 16.6. The Bertz CT molecular complexity index is 635. The third-order valence-electron chi connectivity index (χ3n) is 4.14. The number of hydrogen-bond donors (Lipinski definition) is 4. The van der Waals surface area contributed by atoms with E-state index in [9.17, 15) is 14.4 Å². The van der Waals surface area contributed by atoms with Gasteiger partial charge in [-0.15, -0.1) is 0 Å². The Morgan fingerprint density at radius 2 is 2.10 bits per heavy atom. The van der Waals surface area contributed by atoms with Crippen LogP contribution >= 0.6 is 0 Å². The van der Waals surface area contributed by atoms with Crippen LogP contribution in [0.15, 0.2) is 10.1 Å². The van der Waals surface area contributed by atoms with E-state index in [-0.39, 0.29) is 37.5 Å². The summed E-state index contributed by atoms with van der Waals surface area (Å²) in [6, 6.07) is -1.06. The Morgan fingerprint density at radius 1 is 1.33 bits per heavy atom. The molecule has 1 aliphatic rings. The van der Waals surface area contributed by atoms with E-state index in [1.807, 2.05) is 6.92 Å². The van der Waals surface area contributed by atoms with Crippen LogP contribution in [0.2, 0.25) is 0 Å². The number of methoxy groups -OCH3 is 1. The van der Waals surface area contributed by atoms with Gasteiger partial charge in [0.1, 0.15) is 12.1 Å². The van der Waals surface area contributed by atoms with Crippen LogP contribution in [0.4, 0.5) is 4.79 Å². The van der Waals surface area contributed by atoms with E-state index in [2.05, 4.69) is 25.5 Å². The van der Waals surface area contributed by atoms with Crippen molar-refractivity contribution in [3.8, 4) is 0 Å². The molecule has 0 aromatic rings. The monoisotopic (exact) mass is 428 g/mol. The highest BCUT2D eigenvalue weighted by Gasteiger charge is 2.26. The average molecular weight is 428 g/mol. The third kappa shape index (κ3) is 10.5. The normalized spacial score (nSPS) is 15.9. The number of oxime groups is 1. The number of nitrogens with one attached hydrogen (secondary N) is 2. The quantitative estimate of drug-likeness (QED) is 0.134. The number of hydrogen-bond acceptors (Lipinski definition) is 8. The summed E-state index contributed by atoms with van der Waals surface area (Å²) in [5.41, 5.74) is 11.4. The minimum absolute atomic E-state index is 0.0446. The van der Waals surface area contributed by atoms with Gasteiger partial charge in [-0.3, -0.25) is 9.79 Å². The molecule has 0 radical (unpaired) electrons. The van der Waals surface area contributed by atoms with Gasteiger partial charge in [0.15, 0.2) is 5.96 Å². The van der Waals surface area contributed by atoms with Crippen LogP contribution in [0.3, 0.4) is 0 Å². The van der Waals surface area contributed by atoms with Gasteiger partial charge in [0.25, 0.3) is 0 Å². The van der Waals surface area contributed by atoms with Crippen molar-refractivity contribution in [2.75, 3.05) is 26.8 Å². The Kier molecular flexibility index (Phi) is 11.7. The number of carbonyl (C=O) groups excluding carboxylic acids is 3. The molecule has 0 fully saturated rings. The molecule has 0 aromatic carbocycles. The Balaban J connectivity index is 2.34. The largest absolute Gasteiger partial charge is 0.467 e. The zero-order chi connectivity index (χ0) is 22.4. The van der Waals surface area contributed by atoms with Gasteiger partial charge in [-0.1, -0.05) is 18.5 Å². The van der Waals surface area contributed by atoms with E-state index < -0.39 is 18.1 Å². The second kappa shape index (κ2) is 14.0. The minimum Gasteiger partial charge on any atom is -0.467 e. The van der Waals surface area contributed by atoms with Gasteiger partial charge in [-0.05, 0) is 19.3 Å². The van der Waals surface area contributed by atoms with E-state index >= 15 is 0 Å². The van der Waals surface area contributed by atoms with Crippen LogP contribution in [-0.2, 0) is 23.9 Å². The Labute approximate surface area is 175 Å². The van der Waals surface area contributed by atoms with Crippen molar-refractivity contribution in [3.05, 3.63) is 0 Å². The molecule has 2 atom stereocenters. The number of alkyl carbamates (subject to hydrolysis) is 1. The first-order chi connectivity index (χ1) is 14.3. The molecule has 12 heteroatoms. The van der Waals surface area contributed by atoms with Crippen LogP contribution in [0.25, 0.3) is 0 Å². The van der Waals surface area contributed by atoms with Crippen LogP contribution in [0.5, 0.6) is 0 Å². The summed E-state index contributed by atoms with van der Waals surface area (Å²) in [7, 11) is 1.19. The highest BCUT2D eigenvalue weighted by molar-refractivity contribution is 5.87. The number of guanidine groups is 1. The van der Waals surface area contributed by atoms with Crippen molar-refractivity contribution >= 4 is 29.6 Å². The molecule has 30 heavy (non-hydrogen) atoms. The first-order valence-corrected chi connectivity index (χ1v) is 9.90. The van der Waals surface area contributed by atoms with Gasteiger partial charge in [0.05, 0.1) is 25.8 Å².